The normalized spacial score (nSPS) is 15.4. The van der Waals surface area contributed by atoms with Crippen LogP contribution in [0.3, 0.4) is 0 Å². The number of hydrogen-bond acceptors (Lipinski definition) is 5. The van der Waals surface area contributed by atoms with Gasteiger partial charge >= 0.3 is 6.09 Å². The first kappa shape index (κ1) is 20.8. The third-order valence-corrected chi connectivity index (χ3v) is 4.39. The third-order valence-electron chi connectivity index (χ3n) is 4.39. The number of rotatable bonds is 6. The van der Waals surface area contributed by atoms with Crippen LogP contribution in [0.1, 0.15) is 32.3 Å². The van der Waals surface area contributed by atoms with E-state index in [2.05, 4.69) is 22.5 Å². The van der Waals surface area contributed by atoms with Crippen LogP contribution in [-0.4, -0.2) is 68.3 Å². The second-order valence-corrected chi connectivity index (χ2v) is 6.72. The van der Waals surface area contributed by atoms with Gasteiger partial charge in [-0.2, -0.15) is 0 Å². The van der Waals surface area contributed by atoms with Crippen molar-refractivity contribution in [2.45, 2.75) is 39.3 Å². The van der Waals surface area contributed by atoms with Gasteiger partial charge in [-0.05, 0) is 44.4 Å². The molecule has 8 nitrogen and oxygen atoms in total. The van der Waals surface area contributed by atoms with E-state index in [1.54, 1.807) is 4.90 Å². The number of anilines is 1. The SMILES string of the molecule is CCNC(=NCc1ccnc(N(C)C)c1)NC1CCN(C(=O)OCC)CC1. The highest BCUT2D eigenvalue weighted by Gasteiger charge is 2.24. The molecule has 1 aliphatic heterocycles. The smallest absolute Gasteiger partial charge is 0.409 e. The number of amides is 1. The molecule has 0 saturated carbocycles. The maximum atomic E-state index is 11.8. The van der Waals surface area contributed by atoms with Crippen LogP contribution in [0.25, 0.3) is 0 Å². The lowest BCUT2D eigenvalue weighted by Gasteiger charge is -2.32. The molecule has 1 amide bonds. The standard InChI is InChI=1S/C19H32N6O2/c1-5-20-18(22-14-15-7-10-21-17(13-15)24(3)4)23-16-8-11-25(12-9-16)19(26)27-6-2/h7,10,13,16H,5-6,8-9,11-12,14H2,1-4H3,(H2,20,22,23). The van der Waals surface area contributed by atoms with Gasteiger partial charge < -0.3 is 25.2 Å². The van der Waals surface area contributed by atoms with Gasteiger partial charge in [0.05, 0.1) is 13.2 Å². The fraction of sp³-hybridized carbons (Fsp3) is 0.632. The van der Waals surface area contributed by atoms with E-state index in [1.165, 1.54) is 0 Å². The van der Waals surface area contributed by atoms with Gasteiger partial charge in [-0.3, -0.25) is 0 Å². The second-order valence-electron chi connectivity index (χ2n) is 6.72. The lowest BCUT2D eigenvalue weighted by atomic mass is 10.1. The summed E-state index contributed by atoms with van der Waals surface area (Å²) < 4.78 is 5.07. The molecular formula is C19H32N6O2. The molecule has 2 heterocycles. The lowest BCUT2D eigenvalue weighted by molar-refractivity contribution is 0.0963. The molecule has 0 aliphatic carbocycles. The van der Waals surface area contributed by atoms with Crippen molar-refractivity contribution in [2.24, 2.45) is 4.99 Å². The molecule has 0 bridgehead atoms. The summed E-state index contributed by atoms with van der Waals surface area (Å²) >= 11 is 0. The number of nitrogens with zero attached hydrogens (tertiary/aromatic N) is 4. The van der Waals surface area contributed by atoms with Crippen molar-refractivity contribution in [3.05, 3.63) is 23.9 Å². The largest absolute Gasteiger partial charge is 0.450 e. The number of carbonyl (C=O) groups excluding carboxylic acids is 1. The fourth-order valence-corrected chi connectivity index (χ4v) is 2.91. The highest BCUT2D eigenvalue weighted by molar-refractivity contribution is 5.80. The summed E-state index contributed by atoms with van der Waals surface area (Å²) in [7, 11) is 3.95. The highest BCUT2D eigenvalue weighted by atomic mass is 16.6. The van der Waals surface area contributed by atoms with Crippen molar-refractivity contribution in [1.29, 1.82) is 0 Å². The Kier molecular flexibility index (Phi) is 8.16. The first-order chi connectivity index (χ1) is 13.0. The molecule has 8 heteroatoms. The van der Waals surface area contributed by atoms with Gasteiger partial charge in [-0.1, -0.05) is 0 Å². The molecule has 1 aliphatic rings. The molecule has 1 saturated heterocycles. The predicted molar refractivity (Wildman–Crippen MR) is 108 cm³/mol. The Labute approximate surface area is 162 Å². The van der Waals surface area contributed by atoms with E-state index in [4.69, 9.17) is 9.73 Å². The molecule has 1 aromatic rings. The lowest BCUT2D eigenvalue weighted by Crippen LogP contribution is -2.49. The van der Waals surface area contributed by atoms with Crippen molar-refractivity contribution >= 4 is 17.9 Å². The quantitative estimate of drug-likeness (QED) is 0.582. The van der Waals surface area contributed by atoms with Crippen LogP contribution in [-0.2, 0) is 11.3 Å². The topological polar surface area (TPSA) is 82.1 Å². The van der Waals surface area contributed by atoms with Gasteiger partial charge in [0.25, 0.3) is 0 Å². The molecule has 0 spiro atoms. The van der Waals surface area contributed by atoms with Crippen LogP contribution in [0.2, 0.25) is 0 Å². The van der Waals surface area contributed by atoms with Gasteiger partial charge in [0.15, 0.2) is 5.96 Å². The van der Waals surface area contributed by atoms with Gasteiger partial charge in [-0.25, -0.2) is 14.8 Å². The minimum absolute atomic E-state index is 0.217. The number of hydrogen-bond donors (Lipinski definition) is 2. The molecule has 150 valence electrons. The van der Waals surface area contributed by atoms with Gasteiger partial charge in [-0.15, -0.1) is 0 Å². The van der Waals surface area contributed by atoms with E-state index in [1.807, 2.05) is 44.2 Å². The molecule has 27 heavy (non-hydrogen) atoms. The van der Waals surface area contributed by atoms with E-state index in [0.717, 1.165) is 36.7 Å². The molecule has 0 atom stereocenters. The van der Waals surface area contributed by atoms with Crippen molar-refractivity contribution in [1.82, 2.24) is 20.5 Å². The zero-order chi connectivity index (χ0) is 19.6. The molecule has 0 unspecified atom stereocenters. The summed E-state index contributed by atoms with van der Waals surface area (Å²) in [5, 5.41) is 6.79. The van der Waals surface area contributed by atoms with E-state index in [9.17, 15) is 4.79 Å². The number of ether oxygens (including phenoxy) is 1. The minimum atomic E-state index is -0.217. The summed E-state index contributed by atoms with van der Waals surface area (Å²) in [5.74, 6) is 1.72. The monoisotopic (exact) mass is 376 g/mol. The Morgan fingerprint density at radius 2 is 2.11 bits per heavy atom. The molecule has 1 aromatic heterocycles. The molecule has 2 N–H and O–H groups in total. The van der Waals surface area contributed by atoms with Gasteiger partial charge in [0.2, 0.25) is 0 Å². The number of piperidine rings is 1. The number of carbonyl (C=O) groups is 1. The van der Waals surface area contributed by atoms with Crippen molar-refractivity contribution in [2.75, 3.05) is 45.2 Å². The zero-order valence-electron chi connectivity index (χ0n) is 16.9. The Morgan fingerprint density at radius 3 is 2.74 bits per heavy atom. The predicted octanol–water partition coefficient (Wildman–Crippen LogP) is 1.82. The summed E-state index contributed by atoms with van der Waals surface area (Å²) in [5.41, 5.74) is 1.11. The third kappa shape index (κ3) is 6.62. The van der Waals surface area contributed by atoms with Crippen LogP contribution in [0, 0.1) is 0 Å². The molecule has 1 fully saturated rings. The fourth-order valence-electron chi connectivity index (χ4n) is 2.91. The zero-order valence-corrected chi connectivity index (χ0v) is 16.9. The Balaban J connectivity index is 1.91. The molecule has 0 radical (unpaired) electrons. The average Bonchev–Trinajstić information content (AvgIpc) is 2.67. The van der Waals surface area contributed by atoms with Crippen molar-refractivity contribution < 1.29 is 9.53 Å². The van der Waals surface area contributed by atoms with Gasteiger partial charge in [0.1, 0.15) is 5.82 Å². The maximum Gasteiger partial charge on any atom is 0.409 e. The van der Waals surface area contributed by atoms with Crippen LogP contribution in [0.5, 0.6) is 0 Å². The summed E-state index contributed by atoms with van der Waals surface area (Å²) in [6.07, 6.45) is 3.35. The number of aliphatic imine (C=N–C) groups is 1. The van der Waals surface area contributed by atoms with Crippen LogP contribution in [0.15, 0.2) is 23.3 Å². The highest BCUT2D eigenvalue weighted by Crippen LogP contribution is 2.12. The van der Waals surface area contributed by atoms with Crippen LogP contribution >= 0.6 is 0 Å². The number of nitrogens with one attached hydrogen (secondary N) is 2. The summed E-state index contributed by atoms with van der Waals surface area (Å²) in [6, 6.07) is 4.33. The second kappa shape index (κ2) is 10.6. The number of likely N-dealkylation sites (tertiary alicyclic amines) is 1. The summed E-state index contributed by atoms with van der Waals surface area (Å²) in [6.45, 7) is 7.08. The Morgan fingerprint density at radius 1 is 1.37 bits per heavy atom. The van der Waals surface area contributed by atoms with Crippen molar-refractivity contribution in [3.8, 4) is 0 Å². The van der Waals surface area contributed by atoms with Crippen LogP contribution in [0.4, 0.5) is 10.6 Å². The van der Waals surface area contributed by atoms with Crippen molar-refractivity contribution in [3.63, 3.8) is 0 Å². The van der Waals surface area contributed by atoms with E-state index in [0.29, 0.717) is 32.3 Å². The molecule has 2 rings (SSSR count). The molecule has 0 aromatic carbocycles. The van der Waals surface area contributed by atoms with E-state index < -0.39 is 0 Å². The summed E-state index contributed by atoms with van der Waals surface area (Å²) in [4.78, 5) is 24.6. The Bertz CT molecular complexity index is 626. The van der Waals surface area contributed by atoms with E-state index in [-0.39, 0.29) is 6.09 Å². The first-order valence-corrected chi connectivity index (χ1v) is 9.62. The van der Waals surface area contributed by atoms with Crippen LogP contribution < -0.4 is 15.5 Å². The average molecular weight is 377 g/mol. The molecular weight excluding hydrogens is 344 g/mol. The Hall–Kier alpha value is -2.51. The number of aromatic nitrogens is 1. The number of pyridine rings is 1. The maximum absolute atomic E-state index is 11.8. The number of guanidine groups is 1. The van der Waals surface area contributed by atoms with Gasteiger partial charge in [0, 0.05) is 46.0 Å². The minimum Gasteiger partial charge on any atom is -0.450 e. The first-order valence-electron chi connectivity index (χ1n) is 9.62. The van der Waals surface area contributed by atoms with E-state index >= 15 is 0 Å².